The quantitative estimate of drug-likeness (QED) is 0.722. The number of hydrogen-bond acceptors (Lipinski definition) is 6. The topological polar surface area (TPSA) is 80.3 Å². The minimum atomic E-state index is -0.919. The predicted molar refractivity (Wildman–Crippen MR) is 122 cm³/mol. The van der Waals surface area contributed by atoms with E-state index in [9.17, 15) is 9.59 Å². The Balaban J connectivity index is 1.72. The van der Waals surface area contributed by atoms with Gasteiger partial charge in [0.2, 0.25) is 5.91 Å². The molecule has 0 saturated carbocycles. The largest absolute Gasteiger partial charge is 0.497 e. The van der Waals surface area contributed by atoms with Gasteiger partial charge in [0.15, 0.2) is 0 Å². The third-order valence-corrected chi connectivity index (χ3v) is 6.19. The third-order valence-electron chi connectivity index (χ3n) is 6.19. The summed E-state index contributed by atoms with van der Waals surface area (Å²) in [5.41, 5.74) is -0.418. The zero-order valence-electron chi connectivity index (χ0n) is 20.0. The summed E-state index contributed by atoms with van der Waals surface area (Å²) in [5, 5.41) is 3.14. The molecule has 2 heterocycles. The van der Waals surface area contributed by atoms with Crippen molar-refractivity contribution in [3.8, 4) is 5.75 Å². The van der Waals surface area contributed by atoms with E-state index in [0.717, 1.165) is 30.8 Å². The number of carbonyl (C=O) groups excluding carboxylic acids is 2. The van der Waals surface area contributed by atoms with Crippen LogP contribution >= 0.6 is 0 Å². The first-order chi connectivity index (χ1) is 15.1. The molecule has 0 radical (unpaired) electrons. The molecule has 8 heteroatoms. The second kappa shape index (κ2) is 10.1. The van der Waals surface area contributed by atoms with E-state index in [1.54, 1.807) is 12.0 Å². The average Bonchev–Trinajstić information content (AvgIpc) is 3.17. The van der Waals surface area contributed by atoms with Gasteiger partial charge >= 0.3 is 6.09 Å². The molecule has 0 aliphatic carbocycles. The number of likely N-dealkylation sites (tertiary alicyclic amines) is 1. The third kappa shape index (κ3) is 5.72. The van der Waals surface area contributed by atoms with Crippen LogP contribution < -0.4 is 10.1 Å². The molecule has 32 heavy (non-hydrogen) atoms. The lowest BCUT2D eigenvalue weighted by atomic mass is 9.97. The maximum Gasteiger partial charge on any atom is 0.411 e. The number of ether oxygens (including phenoxy) is 3. The van der Waals surface area contributed by atoms with Crippen molar-refractivity contribution in [2.75, 3.05) is 46.5 Å². The number of amides is 2. The van der Waals surface area contributed by atoms with Gasteiger partial charge in [0, 0.05) is 26.2 Å². The Bertz CT molecular complexity index is 786. The van der Waals surface area contributed by atoms with Gasteiger partial charge in [-0.2, -0.15) is 0 Å². The number of methoxy groups -OCH3 is 1. The Labute approximate surface area is 191 Å². The van der Waals surface area contributed by atoms with E-state index in [0.29, 0.717) is 32.7 Å². The van der Waals surface area contributed by atoms with E-state index in [1.165, 1.54) is 0 Å². The van der Waals surface area contributed by atoms with Crippen LogP contribution in [-0.2, 0) is 14.3 Å². The number of benzene rings is 1. The van der Waals surface area contributed by atoms with E-state index in [2.05, 4.69) is 10.2 Å². The van der Waals surface area contributed by atoms with Crippen molar-refractivity contribution in [1.82, 2.24) is 15.1 Å². The molecule has 2 fully saturated rings. The number of morpholine rings is 1. The molecule has 1 aromatic rings. The zero-order chi connectivity index (χ0) is 23.4. The first-order valence-corrected chi connectivity index (χ1v) is 11.4. The molecule has 8 nitrogen and oxygen atoms in total. The smallest absolute Gasteiger partial charge is 0.411 e. The molecule has 0 aromatic heterocycles. The second-order valence-corrected chi connectivity index (χ2v) is 9.66. The number of rotatable bonds is 6. The van der Waals surface area contributed by atoms with Gasteiger partial charge in [-0.1, -0.05) is 12.1 Å². The molecule has 2 amide bonds. The lowest BCUT2D eigenvalue weighted by Crippen LogP contribution is -2.57. The van der Waals surface area contributed by atoms with Gasteiger partial charge in [-0.25, -0.2) is 4.79 Å². The summed E-state index contributed by atoms with van der Waals surface area (Å²) in [5.74, 6) is 0.651. The highest BCUT2D eigenvalue weighted by molar-refractivity contribution is 5.90. The Morgan fingerprint density at radius 2 is 1.81 bits per heavy atom. The summed E-state index contributed by atoms with van der Waals surface area (Å²) in [6.07, 6.45) is 0.949. The maximum atomic E-state index is 13.3. The molecule has 2 atom stereocenters. The standard InChI is InChI=1S/C24H37N3O5/c1-23(2,3)32-22(29)27-12-6-11-24(27,4)21(28)25-17-20(26-13-15-31-16-14-26)18-7-9-19(30-5)10-8-18/h7-10,20H,6,11-17H2,1-5H3,(H,25,28)/t20-,24+/m0/s1. The maximum absolute atomic E-state index is 13.3. The summed E-state index contributed by atoms with van der Waals surface area (Å²) in [4.78, 5) is 30.0. The van der Waals surface area contributed by atoms with Crippen molar-refractivity contribution in [2.24, 2.45) is 0 Å². The van der Waals surface area contributed by atoms with Crippen LogP contribution in [0.1, 0.15) is 52.1 Å². The van der Waals surface area contributed by atoms with Crippen LogP contribution in [0.15, 0.2) is 24.3 Å². The minimum Gasteiger partial charge on any atom is -0.497 e. The van der Waals surface area contributed by atoms with Gasteiger partial charge in [-0.05, 0) is 58.2 Å². The molecule has 2 aliphatic heterocycles. The molecule has 1 N–H and O–H groups in total. The Hall–Kier alpha value is -2.32. The van der Waals surface area contributed by atoms with Crippen LogP contribution in [-0.4, -0.2) is 79.4 Å². The van der Waals surface area contributed by atoms with Gasteiger partial charge in [0.25, 0.3) is 0 Å². The van der Waals surface area contributed by atoms with Crippen LogP contribution in [0.2, 0.25) is 0 Å². The van der Waals surface area contributed by atoms with Crippen molar-refractivity contribution in [3.05, 3.63) is 29.8 Å². The molecule has 0 unspecified atom stereocenters. The predicted octanol–water partition coefficient (Wildman–Crippen LogP) is 2.97. The molecule has 0 spiro atoms. The van der Waals surface area contributed by atoms with Crippen molar-refractivity contribution in [2.45, 2.75) is 57.7 Å². The van der Waals surface area contributed by atoms with Crippen LogP contribution in [0.5, 0.6) is 5.75 Å². The van der Waals surface area contributed by atoms with E-state index >= 15 is 0 Å². The van der Waals surface area contributed by atoms with E-state index in [1.807, 2.05) is 52.0 Å². The number of nitrogens with zero attached hydrogens (tertiary/aromatic N) is 2. The molecular formula is C24H37N3O5. The highest BCUT2D eigenvalue weighted by Gasteiger charge is 2.47. The zero-order valence-corrected chi connectivity index (χ0v) is 20.0. The van der Waals surface area contributed by atoms with Crippen LogP contribution in [0, 0.1) is 0 Å². The van der Waals surface area contributed by atoms with Crippen LogP contribution in [0.3, 0.4) is 0 Å². The summed E-state index contributed by atoms with van der Waals surface area (Å²) in [6.45, 7) is 11.2. The molecule has 2 saturated heterocycles. The monoisotopic (exact) mass is 447 g/mol. The number of hydrogen-bond donors (Lipinski definition) is 1. The Morgan fingerprint density at radius 1 is 1.16 bits per heavy atom. The van der Waals surface area contributed by atoms with Gasteiger partial charge in [0.1, 0.15) is 16.9 Å². The van der Waals surface area contributed by atoms with E-state index in [-0.39, 0.29) is 11.9 Å². The Kier molecular flexibility index (Phi) is 7.67. The highest BCUT2D eigenvalue weighted by Crippen LogP contribution is 2.31. The van der Waals surface area contributed by atoms with Gasteiger partial charge in [-0.15, -0.1) is 0 Å². The second-order valence-electron chi connectivity index (χ2n) is 9.66. The summed E-state index contributed by atoms with van der Waals surface area (Å²) >= 11 is 0. The van der Waals surface area contributed by atoms with Crippen molar-refractivity contribution < 1.29 is 23.8 Å². The molecule has 3 rings (SSSR count). The average molecular weight is 448 g/mol. The summed E-state index contributed by atoms with van der Waals surface area (Å²) in [7, 11) is 1.65. The fraction of sp³-hybridized carbons (Fsp3) is 0.667. The van der Waals surface area contributed by atoms with Crippen molar-refractivity contribution >= 4 is 12.0 Å². The molecule has 1 aromatic carbocycles. The van der Waals surface area contributed by atoms with Crippen LogP contribution in [0.25, 0.3) is 0 Å². The summed E-state index contributed by atoms with van der Waals surface area (Å²) in [6, 6.07) is 7.96. The minimum absolute atomic E-state index is 0.00809. The first kappa shape index (κ1) is 24.3. The molecule has 2 aliphatic rings. The normalized spacial score (nSPS) is 23.0. The first-order valence-electron chi connectivity index (χ1n) is 11.4. The molecule has 178 valence electrons. The lowest BCUT2D eigenvalue weighted by molar-refractivity contribution is -0.131. The van der Waals surface area contributed by atoms with Crippen molar-refractivity contribution in [3.63, 3.8) is 0 Å². The fourth-order valence-corrected chi connectivity index (χ4v) is 4.36. The molecule has 0 bridgehead atoms. The SMILES string of the molecule is COc1ccc([C@H](CNC(=O)[C@@]2(C)CCCN2C(=O)OC(C)(C)C)N2CCOCC2)cc1. The summed E-state index contributed by atoms with van der Waals surface area (Å²) < 4.78 is 16.4. The van der Waals surface area contributed by atoms with Gasteiger partial charge in [0.05, 0.1) is 26.4 Å². The van der Waals surface area contributed by atoms with E-state index in [4.69, 9.17) is 14.2 Å². The van der Waals surface area contributed by atoms with Gasteiger partial charge < -0.3 is 19.5 Å². The fourth-order valence-electron chi connectivity index (χ4n) is 4.36. The molecular weight excluding hydrogens is 410 g/mol. The Morgan fingerprint density at radius 3 is 2.41 bits per heavy atom. The van der Waals surface area contributed by atoms with Crippen molar-refractivity contribution in [1.29, 1.82) is 0 Å². The van der Waals surface area contributed by atoms with Gasteiger partial charge in [-0.3, -0.25) is 14.6 Å². The lowest BCUT2D eigenvalue weighted by Gasteiger charge is -2.37. The number of carbonyl (C=O) groups is 2. The number of nitrogens with one attached hydrogen (secondary N) is 1. The van der Waals surface area contributed by atoms with Crippen LogP contribution in [0.4, 0.5) is 4.79 Å². The highest BCUT2D eigenvalue weighted by atomic mass is 16.6. The van der Waals surface area contributed by atoms with E-state index < -0.39 is 17.2 Å².